The van der Waals surface area contributed by atoms with Gasteiger partial charge in [-0.3, -0.25) is 4.79 Å². The van der Waals surface area contributed by atoms with E-state index in [4.69, 9.17) is 0 Å². The van der Waals surface area contributed by atoms with Crippen LogP contribution in [0.25, 0.3) is 11.0 Å². The fourth-order valence-corrected chi connectivity index (χ4v) is 3.54. The normalized spacial score (nSPS) is 19.8. The summed E-state index contributed by atoms with van der Waals surface area (Å²) in [5, 5.41) is 2.84. The number of carbonyl (C=O) groups excluding carboxylic acids is 1. The predicted octanol–water partition coefficient (Wildman–Crippen LogP) is 3.68. The number of hydrogen-bond acceptors (Lipinski definition) is 2. The summed E-state index contributed by atoms with van der Waals surface area (Å²) in [5.74, 6) is -1.44. The van der Waals surface area contributed by atoms with Gasteiger partial charge < -0.3 is 15.3 Å². The van der Waals surface area contributed by atoms with E-state index in [1.807, 2.05) is 13.8 Å². The van der Waals surface area contributed by atoms with Crippen LogP contribution in [0.1, 0.15) is 48.9 Å². The molecular formula is C21H21F2N3O2. The van der Waals surface area contributed by atoms with E-state index in [-0.39, 0.29) is 23.8 Å². The summed E-state index contributed by atoms with van der Waals surface area (Å²) in [5.41, 5.74) is 2.44. The highest BCUT2D eigenvalue weighted by Crippen LogP contribution is 2.36. The van der Waals surface area contributed by atoms with Crippen LogP contribution in [0.4, 0.5) is 8.78 Å². The first-order valence-electron chi connectivity index (χ1n) is 9.30. The number of para-hydroxylation sites is 1. The van der Waals surface area contributed by atoms with E-state index >= 15 is 0 Å². The molecule has 4 rings (SSSR count). The monoisotopic (exact) mass is 385 g/mol. The molecule has 0 saturated heterocycles. The Hall–Kier alpha value is -2.96. The van der Waals surface area contributed by atoms with Gasteiger partial charge in [-0.25, -0.2) is 13.6 Å². The lowest BCUT2D eigenvalue weighted by atomic mass is 9.93. The molecule has 3 unspecified atom stereocenters. The Morgan fingerprint density at radius 1 is 1.18 bits per heavy atom. The van der Waals surface area contributed by atoms with Crippen LogP contribution in [0.5, 0.6) is 0 Å². The van der Waals surface area contributed by atoms with E-state index in [0.717, 1.165) is 0 Å². The van der Waals surface area contributed by atoms with E-state index in [1.165, 1.54) is 6.07 Å². The van der Waals surface area contributed by atoms with Crippen molar-refractivity contribution in [1.29, 1.82) is 0 Å². The van der Waals surface area contributed by atoms with Crippen LogP contribution < -0.4 is 11.0 Å². The molecule has 146 valence electrons. The predicted molar refractivity (Wildman–Crippen MR) is 102 cm³/mol. The third-order valence-corrected chi connectivity index (χ3v) is 5.21. The number of aromatic amines is 2. The highest BCUT2D eigenvalue weighted by atomic mass is 19.1. The molecule has 1 amide bonds. The Morgan fingerprint density at radius 2 is 1.93 bits per heavy atom. The lowest BCUT2D eigenvalue weighted by Gasteiger charge is -2.21. The van der Waals surface area contributed by atoms with Crippen LogP contribution in [0, 0.1) is 11.7 Å². The van der Waals surface area contributed by atoms with E-state index in [2.05, 4.69) is 15.3 Å². The fraction of sp³-hybridized carbons (Fsp3) is 0.333. The first kappa shape index (κ1) is 18.4. The van der Waals surface area contributed by atoms with Gasteiger partial charge in [0, 0.05) is 5.56 Å². The Balaban J connectivity index is 1.81. The fourth-order valence-electron chi connectivity index (χ4n) is 3.54. The van der Waals surface area contributed by atoms with Crippen molar-refractivity contribution in [2.24, 2.45) is 5.92 Å². The molecular weight excluding hydrogens is 364 g/mol. The van der Waals surface area contributed by atoms with Gasteiger partial charge in [-0.1, -0.05) is 38.1 Å². The van der Waals surface area contributed by atoms with Crippen molar-refractivity contribution in [2.75, 3.05) is 0 Å². The summed E-state index contributed by atoms with van der Waals surface area (Å²) in [4.78, 5) is 29.6. The van der Waals surface area contributed by atoms with Crippen molar-refractivity contribution >= 4 is 16.9 Å². The van der Waals surface area contributed by atoms with Crippen molar-refractivity contribution in [3.63, 3.8) is 0 Å². The van der Waals surface area contributed by atoms with Gasteiger partial charge in [0.25, 0.3) is 0 Å². The molecule has 2 aromatic carbocycles. The van der Waals surface area contributed by atoms with Crippen LogP contribution in [-0.4, -0.2) is 22.0 Å². The summed E-state index contributed by atoms with van der Waals surface area (Å²) in [7, 11) is 0. The summed E-state index contributed by atoms with van der Waals surface area (Å²) in [6.07, 6.45) is -0.937. The van der Waals surface area contributed by atoms with Crippen LogP contribution in [0.15, 0.2) is 41.2 Å². The number of H-pyrrole nitrogens is 2. The smallest absolute Gasteiger partial charge is 0.323 e. The molecule has 5 nitrogen and oxygen atoms in total. The number of carbonyl (C=O) groups is 1. The number of amides is 1. The maximum Gasteiger partial charge on any atom is 0.323 e. The number of hydrogen-bond donors (Lipinski definition) is 3. The average Bonchev–Trinajstić information content (AvgIpc) is 3.25. The van der Waals surface area contributed by atoms with Gasteiger partial charge in [-0.15, -0.1) is 0 Å². The Kier molecular flexibility index (Phi) is 4.53. The summed E-state index contributed by atoms with van der Waals surface area (Å²) < 4.78 is 28.0. The van der Waals surface area contributed by atoms with Crippen molar-refractivity contribution in [3.8, 4) is 0 Å². The number of benzene rings is 2. The van der Waals surface area contributed by atoms with Crippen molar-refractivity contribution in [2.45, 2.75) is 38.4 Å². The third kappa shape index (κ3) is 3.32. The zero-order valence-electron chi connectivity index (χ0n) is 15.6. The van der Waals surface area contributed by atoms with Gasteiger partial charge in [0.15, 0.2) is 0 Å². The second kappa shape index (κ2) is 6.89. The van der Waals surface area contributed by atoms with Gasteiger partial charge >= 0.3 is 5.69 Å². The third-order valence-electron chi connectivity index (χ3n) is 5.21. The number of rotatable bonds is 5. The minimum Gasteiger partial charge on any atom is -0.345 e. The minimum absolute atomic E-state index is 0.0188. The van der Waals surface area contributed by atoms with Crippen molar-refractivity contribution < 1.29 is 13.6 Å². The van der Waals surface area contributed by atoms with Gasteiger partial charge in [0.1, 0.15) is 12.0 Å². The van der Waals surface area contributed by atoms with Crippen LogP contribution in [-0.2, 0) is 4.79 Å². The molecule has 0 aliphatic heterocycles. The molecule has 1 aliphatic rings. The number of alkyl halides is 1. The largest absolute Gasteiger partial charge is 0.345 e. The zero-order valence-corrected chi connectivity index (χ0v) is 15.6. The summed E-state index contributed by atoms with van der Waals surface area (Å²) >= 11 is 0. The Bertz CT molecular complexity index is 1100. The average molecular weight is 385 g/mol. The lowest BCUT2D eigenvalue weighted by molar-refractivity contribution is -0.123. The van der Waals surface area contributed by atoms with E-state index in [0.29, 0.717) is 27.7 Å². The molecule has 1 aromatic heterocycles. The molecule has 1 saturated carbocycles. The maximum absolute atomic E-state index is 14.6. The second-order valence-corrected chi connectivity index (χ2v) is 7.58. The second-order valence-electron chi connectivity index (χ2n) is 7.58. The molecule has 1 fully saturated rings. The molecule has 0 bridgehead atoms. The van der Waals surface area contributed by atoms with Crippen molar-refractivity contribution in [3.05, 3.63) is 69.4 Å². The quantitative estimate of drug-likeness (QED) is 0.627. The zero-order chi connectivity index (χ0) is 20.0. The first-order valence-corrected chi connectivity index (χ1v) is 9.30. The molecule has 0 spiro atoms. The number of fused-ring (bicyclic) bond motifs is 1. The Morgan fingerprint density at radius 3 is 2.57 bits per heavy atom. The van der Waals surface area contributed by atoms with E-state index < -0.39 is 24.0 Å². The number of imidazole rings is 1. The van der Waals surface area contributed by atoms with E-state index in [9.17, 15) is 18.4 Å². The highest BCUT2D eigenvalue weighted by Gasteiger charge is 2.44. The first-order chi connectivity index (χ1) is 13.3. The van der Waals surface area contributed by atoms with Gasteiger partial charge in [-0.2, -0.15) is 0 Å². The van der Waals surface area contributed by atoms with Gasteiger partial charge in [-0.05, 0) is 35.6 Å². The molecule has 1 heterocycles. The minimum atomic E-state index is -1.14. The molecule has 1 aliphatic carbocycles. The number of nitrogens with one attached hydrogen (secondary N) is 3. The highest BCUT2D eigenvalue weighted by molar-refractivity contribution is 5.85. The molecule has 7 heteroatoms. The van der Waals surface area contributed by atoms with Gasteiger partial charge in [0.05, 0.1) is 23.0 Å². The van der Waals surface area contributed by atoms with Crippen LogP contribution in [0.2, 0.25) is 0 Å². The van der Waals surface area contributed by atoms with Gasteiger partial charge in [0.2, 0.25) is 5.91 Å². The number of aromatic nitrogens is 2. The molecule has 28 heavy (non-hydrogen) atoms. The molecule has 3 atom stereocenters. The topological polar surface area (TPSA) is 77.8 Å². The van der Waals surface area contributed by atoms with Crippen LogP contribution >= 0.6 is 0 Å². The lowest BCUT2D eigenvalue weighted by Crippen LogP contribution is -2.31. The standard InChI is InChI=1S/C21H21F2N3O2/c1-10(2)12-7-6-11(8-15(12)22)18(25-20(27)14-9-16(14)23)13-4-3-5-17-19(13)26-21(28)24-17/h3-8,10,14,16,18H,9H2,1-2H3,(H,25,27)(H2,24,26,28). The Labute approximate surface area is 160 Å². The maximum atomic E-state index is 14.6. The SMILES string of the molecule is CC(C)c1ccc(C(NC(=O)C2CC2F)c2cccc3[nH]c(=O)[nH]c23)cc1F. The number of halogens is 2. The van der Waals surface area contributed by atoms with Crippen LogP contribution in [0.3, 0.4) is 0 Å². The molecule has 0 radical (unpaired) electrons. The molecule has 3 aromatic rings. The van der Waals surface area contributed by atoms with Crippen molar-refractivity contribution in [1.82, 2.24) is 15.3 Å². The molecule has 3 N–H and O–H groups in total. The van der Waals surface area contributed by atoms with E-state index in [1.54, 1.807) is 30.3 Å². The summed E-state index contributed by atoms with van der Waals surface area (Å²) in [6, 6.07) is 9.36. The summed E-state index contributed by atoms with van der Waals surface area (Å²) in [6.45, 7) is 3.80.